The second-order valence-corrected chi connectivity index (χ2v) is 6.94. The summed E-state index contributed by atoms with van der Waals surface area (Å²) in [5, 5.41) is 23.2. The van der Waals surface area contributed by atoms with Crippen LogP contribution < -0.4 is 0 Å². The quantitative estimate of drug-likeness (QED) is 0.697. The highest BCUT2D eigenvalue weighted by Crippen LogP contribution is 2.26. The van der Waals surface area contributed by atoms with Gasteiger partial charge in [-0.1, -0.05) is 17.0 Å². The second-order valence-electron chi connectivity index (χ2n) is 6.94. The first-order chi connectivity index (χ1) is 13.1. The molecule has 2 aromatic heterocycles. The zero-order valence-electron chi connectivity index (χ0n) is 15.0. The Morgan fingerprint density at radius 1 is 1.30 bits per heavy atom. The van der Waals surface area contributed by atoms with Crippen molar-refractivity contribution < 1.29 is 14.7 Å². The zero-order valence-corrected chi connectivity index (χ0v) is 15.0. The molecule has 0 radical (unpaired) electrons. The molecule has 1 aromatic carbocycles. The molecular formula is C21H21N3O3. The van der Waals surface area contributed by atoms with Crippen molar-refractivity contribution >= 4 is 0 Å². The molecule has 4 rings (SSSR count). The van der Waals surface area contributed by atoms with Crippen LogP contribution in [-0.4, -0.2) is 31.0 Å². The van der Waals surface area contributed by atoms with Crippen molar-refractivity contribution in [2.75, 3.05) is 0 Å². The van der Waals surface area contributed by atoms with E-state index >= 15 is 0 Å². The number of benzene rings is 1. The Morgan fingerprint density at radius 2 is 2.07 bits per heavy atom. The molecule has 1 aliphatic rings. The lowest BCUT2D eigenvalue weighted by atomic mass is 9.83. The van der Waals surface area contributed by atoms with E-state index in [1.807, 2.05) is 41.1 Å². The summed E-state index contributed by atoms with van der Waals surface area (Å²) >= 11 is 0. The van der Waals surface area contributed by atoms with Gasteiger partial charge in [0, 0.05) is 35.5 Å². The van der Waals surface area contributed by atoms with Crippen LogP contribution in [0.15, 0.2) is 47.2 Å². The lowest BCUT2D eigenvalue weighted by Crippen LogP contribution is -2.26. The molecular weight excluding hydrogens is 342 g/mol. The van der Waals surface area contributed by atoms with E-state index in [4.69, 9.17) is 4.52 Å². The highest BCUT2D eigenvalue weighted by atomic mass is 16.5. The molecule has 0 saturated heterocycles. The van der Waals surface area contributed by atoms with Gasteiger partial charge in [0.05, 0.1) is 12.6 Å². The van der Waals surface area contributed by atoms with Crippen LogP contribution in [0.2, 0.25) is 0 Å². The van der Waals surface area contributed by atoms with Crippen LogP contribution in [0.1, 0.15) is 43.0 Å². The van der Waals surface area contributed by atoms with Crippen LogP contribution >= 0.6 is 0 Å². The zero-order chi connectivity index (χ0) is 18.8. The maximum Gasteiger partial charge on any atom is 0.167 e. The van der Waals surface area contributed by atoms with Gasteiger partial charge >= 0.3 is 0 Å². The van der Waals surface area contributed by atoms with Gasteiger partial charge in [0.2, 0.25) is 0 Å². The third-order valence-electron chi connectivity index (χ3n) is 4.72. The predicted molar refractivity (Wildman–Crippen MR) is 99.5 cm³/mol. The van der Waals surface area contributed by atoms with Crippen molar-refractivity contribution in [3.8, 4) is 23.2 Å². The summed E-state index contributed by atoms with van der Waals surface area (Å²) in [7, 11) is 0. The van der Waals surface area contributed by atoms with E-state index in [0.717, 1.165) is 29.7 Å². The third kappa shape index (κ3) is 3.95. The Bertz CT molecular complexity index is 970. The summed E-state index contributed by atoms with van der Waals surface area (Å²) in [6, 6.07) is 9.73. The van der Waals surface area contributed by atoms with Gasteiger partial charge < -0.3 is 19.3 Å². The summed E-state index contributed by atoms with van der Waals surface area (Å²) in [4.78, 5) is 4.16. The van der Waals surface area contributed by atoms with Gasteiger partial charge in [-0.2, -0.15) is 0 Å². The standard InChI is InChI=1S/C21H21N3O3/c1-14(25)21-22-8-9-24(21)13-18-12-20(27-23-18)17-6-4-15(5-7-17)2-3-16-10-19(26)11-16/h4-9,12,14,16,19,25-26H,10-11,13H2,1H3/t14-,16-,19+/m0/s1. The Labute approximate surface area is 157 Å². The summed E-state index contributed by atoms with van der Waals surface area (Å²) in [5.74, 6) is 7.94. The molecule has 2 N–H and O–H groups in total. The third-order valence-corrected chi connectivity index (χ3v) is 4.72. The van der Waals surface area contributed by atoms with Gasteiger partial charge in [0.15, 0.2) is 5.76 Å². The van der Waals surface area contributed by atoms with Crippen LogP contribution in [0.25, 0.3) is 11.3 Å². The van der Waals surface area contributed by atoms with E-state index in [9.17, 15) is 10.2 Å². The minimum absolute atomic E-state index is 0.175. The minimum atomic E-state index is -0.636. The van der Waals surface area contributed by atoms with Crippen LogP contribution in [0, 0.1) is 17.8 Å². The molecule has 0 unspecified atom stereocenters. The fraction of sp³-hybridized carbons (Fsp3) is 0.333. The topological polar surface area (TPSA) is 84.3 Å². The number of rotatable bonds is 4. The molecule has 1 fully saturated rings. The molecule has 1 atom stereocenters. The number of hydrogen-bond donors (Lipinski definition) is 2. The monoisotopic (exact) mass is 363 g/mol. The van der Waals surface area contributed by atoms with Gasteiger partial charge in [-0.05, 0) is 44.0 Å². The maximum atomic E-state index is 9.74. The molecule has 0 amide bonds. The first-order valence-corrected chi connectivity index (χ1v) is 9.03. The first kappa shape index (κ1) is 17.5. The normalized spacial score (nSPS) is 19.8. The fourth-order valence-electron chi connectivity index (χ4n) is 3.13. The van der Waals surface area contributed by atoms with Crippen LogP contribution in [-0.2, 0) is 6.54 Å². The van der Waals surface area contributed by atoms with Crippen molar-refractivity contribution in [1.82, 2.24) is 14.7 Å². The van der Waals surface area contributed by atoms with E-state index in [-0.39, 0.29) is 6.10 Å². The Kier molecular flexibility index (Phi) is 4.80. The first-order valence-electron chi connectivity index (χ1n) is 9.03. The van der Waals surface area contributed by atoms with E-state index in [1.54, 1.807) is 13.1 Å². The second kappa shape index (κ2) is 7.39. The van der Waals surface area contributed by atoms with Crippen molar-refractivity contribution in [2.24, 2.45) is 5.92 Å². The molecule has 138 valence electrons. The SMILES string of the molecule is C[C@H](O)c1nccn1Cc1cc(-c2ccc(C#C[C@H]3C[C@@H](O)C3)cc2)on1. The Balaban J connectivity index is 1.44. The summed E-state index contributed by atoms with van der Waals surface area (Å²) in [5.41, 5.74) is 2.64. The summed E-state index contributed by atoms with van der Waals surface area (Å²) in [6.45, 7) is 2.17. The number of aliphatic hydroxyl groups excluding tert-OH is 2. The smallest absolute Gasteiger partial charge is 0.167 e. The van der Waals surface area contributed by atoms with Gasteiger partial charge in [-0.3, -0.25) is 0 Å². The van der Waals surface area contributed by atoms with E-state index in [0.29, 0.717) is 24.0 Å². The molecule has 0 bridgehead atoms. The van der Waals surface area contributed by atoms with E-state index in [1.165, 1.54) is 0 Å². The molecule has 0 aliphatic heterocycles. The predicted octanol–water partition coefficient (Wildman–Crippen LogP) is 2.76. The van der Waals surface area contributed by atoms with Crippen LogP contribution in [0.3, 0.4) is 0 Å². The van der Waals surface area contributed by atoms with Gasteiger partial charge in [0.1, 0.15) is 17.6 Å². The van der Waals surface area contributed by atoms with Crippen molar-refractivity contribution in [1.29, 1.82) is 0 Å². The Hall–Kier alpha value is -2.88. The van der Waals surface area contributed by atoms with Gasteiger partial charge in [-0.25, -0.2) is 4.98 Å². The number of nitrogens with zero attached hydrogens (tertiary/aromatic N) is 3. The number of imidazole rings is 1. The summed E-state index contributed by atoms with van der Waals surface area (Å²) in [6.07, 6.45) is 4.21. The molecule has 6 heteroatoms. The van der Waals surface area contributed by atoms with Crippen molar-refractivity contribution in [3.05, 3.63) is 59.8 Å². The van der Waals surface area contributed by atoms with E-state index in [2.05, 4.69) is 22.0 Å². The molecule has 2 heterocycles. The van der Waals surface area contributed by atoms with Crippen LogP contribution in [0.5, 0.6) is 0 Å². The Morgan fingerprint density at radius 3 is 2.78 bits per heavy atom. The molecule has 1 saturated carbocycles. The molecule has 0 spiro atoms. The molecule has 1 aliphatic carbocycles. The fourth-order valence-corrected chi connectivity index (χ4v) is 3.13. The molecule has 6 nitrogen and oxygen atoms in total. The van der Waals surface area contributed by atoms with Crippen molar-refractivity contribution in [3.63, 3.8) is 0 Å². The maximum absolute atomic E-state index is 9.74. The molecule has 27 heavy (non-hydrogen) atoms. The number of aliphatic hydroxyl groups is 2. The van der Waals surface area contributed by atoms with Crippen LogP contribution in [0.4, 0.5) is 0 Å². The average Bonchev–Trinajstić information content (AvgIpc) is 3.28. The average molecular weight is 363 g/mol. The lowest BCUT2D eigenvalue weighted by Gasteiger charge is -2.26. The van der Waals surface area contributed by atoms with Crippen molar-refractivity contribution in [2.45, 2.75) is 38.5 Å². The lowest BCUT2D eigenvalue weighted by molar-refractivity contribution is 0.0666. The van der Waals surface area contributed by atoms with Gasteiger partial charge in [-0.15, -0.1) is 0 Å². The highest BCUT2D eigenvalue weighted by Gasteiger charge is 2.25. The van der Waals surface area contributed by atoms with Gasteiger partial charge in [0.25, 0.3) is 0 Å². The number of hydrogen-bond acceptors (Lipinski definition) is 5. The highest BCUT2D eigenvalue weighted by molar-refractivity contribution is 5.59. The summed E-state index contributed by atoms with van der Waals surface area (Å²) < 4.78 is 7.32. The largest absolute Gasteiger partial charge is 0.393 e. The van der Waals surface area contributed by atoms with E-state index < -0.39 is 6.10 Å². The number of aromatic nitrogens is 3. The minimum Gasteiger partial charge on any atom is -0.393 e. The molecule has 3 aromatic rings.